The highest BCUT2D eigenvalue weighted by Gasteiger charge is 2.27. The van der Waals surface area contributed by atoms with Crippen molar-refractivity contribution in [3.05, 3.63) is 57.8 Å². The Kier molecular flexibility index (Phi) is 4.72. The summed E-state index contributed by atoms with van der Waals surface area (Å²) in [5.41, 5.74) is 2.83. The van der Waals surface area contributed by atoms with E-state index in [2.05, 4.69) is 26.9 Å². The molecule has 0 spiro atoms. The third kappa shape index (κ3) is 3.49. The Morgan fingerprint density at radius 1 is 1.03 bits per heavy atom. The van der Waals surface area contributed by atoms with E-state index in [1.165, 1.54) is 5.56 Å². The van der Waals surface area contributed by atoms with Gasteiger partial charge in [-0.25, -0.2) is 0 Å². The molecule has 2 aliphatic rings. The lowest BCUT2D eigenvalue weighted by Gasteiger charge is -2.34. The molecule has 1 saturated heterocycles. The normalized spacial score (nSPS) is 16.6. The number of nitrogens with zero attached hydrogens (tertiary/aromatic N) is 2. The first-order valence-corrected chi connectivity index (χ1v) is 10.5. The molecular weight excluding hydrogens is 436 g/mol. The number of benzene rings is 2. The van der Waals surface area contributed by atoms with Crippen LogP contribution in [0, 0.1) is 6.92 Å². The number of fused-ring (bicyclic) bond motifs is 2. The first kappa shape index (κ1) is 18.5. The number of carbonyl (C=O) groups is 1. The third-order valence-electron chi connectivity index (χ3n) is 5.60. The number of furan rings is 1. The van der Waals surface area contributed by atoms with Gasteiger partial charge in [-0.3, -0.25) is 9.69 Å². The number of ether oxygens (including phenoxy) is 2. The number of amides is 1. The van der Waals surface area contributed by atoms with Gasteiger partial charge in [-0.15, -0.1) is 0 Å². The van der Waals surface area contributed by atoms with E-state index in [1.54, 1.807) is 0 Å². The molecule has 2 aromatic carbocycles. The molecule has 0 radical (unpaired) electrons. The Morgan fingerprint density at radius 2 is 1.83 bits per heavy atom. The van der Waals surface area contributed by atoms with Crippen LogP contribution in [-0.2, 0) is 6.54 Å². The minimum Gasteiger partial charge on any atom is -0.454 e. The number of carbonyl (C=O) groups excluding carboxylic acids is 1. The first-order valence-electron chi connectivity index (χ1n) is 9.67. The van der Waals surface area contributed by atoms with E-state index in [0.29, 0.717) is 18.8 Å². The van der Waals surface area contributed by atoms with E-state index in [9.17, 15) is 4.79 Å². The van der Waals surface area contributed by atoms with Gasteiger partial charge in [0.15, 0.2) is 17.3 Å². The van der Waals surface area contributed by atoms with Gasteiger partial charge in [-0.05, 0) is 42.8 Å². The summed E-state index contributed by atoms with van der Waals surface area (Å²) in [6.07, 6.45) is 0. The molecule has 0 unspecified atom stereocenters. The van der Waals surface area contributed by atoms with Gasteiger partial charge in [0.25, 0.3) is 5.91 Å². The van der Waals surface area contributed by atoms with Crippen LogP contribution in [0.2, 0.25) is 0 Å². The second-order valence-electron chi connectivity index (χ2n) is 7.45. The zero-order chi connectivity index (χ0) is 20.0. The zero-order valence-corrected chi connectivity index (χ0v) is 17.7. The van der Waals surface area contributed by atoms with Crippen molar-refractivity contribution in [1.82, 2.24) is 9.80 Å². The summed E-state index contributed by atoms with van der Waals surface area (Å²) in [5.74, 6) is 2.03. The molecule has 1 aromatic heterocycles. The molecule has 150 valence electrons. The fourth-order valence-corrected chi connectivity index (χ4v) is 4.31. The molecule has 5 rings (SSSR count). The van der Waals surface area contributed by atoms with Gasteiger partial charge in [0.05, 0.1) is 0 Å². The Morgan fingerprint density at radius 3 is 2.66 bits per heavy atom. The highest BCUT2D eigenvalue weighted by atomic mass is 79.9. The lowest BCUT2D eigenvalue weighted by Crippen LogP contribution is -2.48. The first-order chi connectivity index (χ1) is 14.1. The van der Waals surface area contributed by atoms with Crippen molar-refractivity contribution < 1.29 is 18.7 Å². The highest BCUT2D eigenvalue weighted by molar-refractivity contribution is 9.10. The van der Waals surface area contributed by atoms with Crippen molar-refractivity contribution in [2.75, 3.05) is 33.0 Å². The van der Waals surface area contributed by atoms with E-state index in [1.807, 2.05) is 42.2 Å². The Bertz CT molecular complexity index is 1090. The molecule has 2 aliphatic heterocycles. The van der Waals surface area contributed by atoms with Crippen LogP contribution in [0.25, 0.3) is 11.0 Å². The number of aryl methyl sites for hydroxylation is 1. The second kappa shape index (κ2) is 7.39. The Hall–Kier alpha value is -2.51. The SMILES string of the molecule is Cc1c(C(=O)N2CCN(Cc3ccc4c(c3)OCO4)CC2)oc2ccc(Br)cc12. The van der Waals surface area contributed by atoms with E-state index in [-0.39, 0.29) is 12.7 Å². The molecule has 0 aliphatic carbocycles. The summed E-state index contributed by atoms with van der Waals surface area (Å²) < 4.78 is 17.7. The standard InChI is InChI=1S/C22H21BrN2O4/c1-14-17-11-16(23)3-5-18(17)29-21(14)22(26)25-8-6-24(7-9-25)12-15-2-4-19-20(10-15)28-13-27-19/h2-5,10-11H,6-9,12-13H2,1H3. The van der Waals surface area contributed by atoms with E-state index < -0.39 is 0 Å². The summed E-state index contributed by atoms with van der Waals surface area (Å²) in [5, 5.41) is 0.976. The highest BCUT2D eigenvalue weighted by Crippen LogP contribution is 2.33. The van der Waals surface area contributed by atoms with Crippen LogP contribution in [0.3, 0.4) is 0 Å². The minimum atomic E-state index is -0.0300. The van der Waals surface area contributed by atoms with Gasteiger partial charge in [-0.1, -0.05) is 22.0 Å². The van der Waals surface area contributed by atoms with Gasteiger partial charge in [0, 0.05) is 48.1 Å². The smallest absolute Gasteiger partial charge is 0.289 e. The molecule has 29 heavy (non-hydrogen) atoms. The lowest BCUT2D eigenvalue weighted by molar-refractivity contribution is 0.0599. The Balaban J connectivity index is 1.25. The predicted molar refractivity (Wildman–Crippen MR) is 112 cm³/mol. The monoisotopic (exact) mass is 456 g/mol. The Labute approximate surface area is 177 Å². The largest absolute Gasteiger partial charge is 0.454 e. The molecule has 7 heteroatoms. The van der Waals surface area contributed by atoms with Crippen LogP contribution in [-0.4, -0.2) is 48.7 Å². The molecule has 0 saturated carbocycles. The maximum absolute atomic E-state index is 13.0. The van der Waals surface area contributed by atoms with E-state index >= 15 is 0 Å². The van der Waals surface area contributed by atoms with Crippen molar-refractivity contribution in [2.45, 2.75) is 13.5 Å². The van der Waals surface area contributed by atoms with Crippen molar-refractivity contribution in [1.29, 1.82) is 0 Å². The fourth-order valence-electron chi connectivity index (χ4n) is 3.95. The second-order valence-corrected chi connectivity index (χ2v) is 8.37. The predicted octanol–water partition coefficient (Wildman–Crippen LogP) is 4.19. The number of hydrogen-bond donors (Lipinski definition) is 0. The zero-order valence-electron chi connectivity index (χ0n) is 16.1. The van der Waals surface area contributed by atoms with Crippen molar-refractivity contribution >= 4 is 32.8 Å². The van der Waals surface area contributed by atoms with Crippen molar-refractivity contribution in [2.24, 2.45) is 0 Å². The molecule has 0 N–H and O–H groups in total. The third-order valence-corrected chi connectivity index (χ3v) is 6.09. The fraction of sp³-hybridized carbons (Fsp3) is 0.318. The summed E-state index contributed by atoms with van der Waals surface area (Å²) in [4.78, 5) is 17.3. The molecule has 0 bridgehead atoms. The van der Waals surface area contributed by atoms with Crippen molar-refractivity contribution in [3.8, 4) is 11.5 Å². The van der Waals surface area contributed by atoms with Gasteiger partial charge < -0.3 is 18.8 Å². The summed E-state index contributed by atoms with van der Waals surface area (Å²) in [6, 6.07) is 11.9. The topological polar surface area (TPSA) is 55.2 Å². The van der Waals surface area contributed by atoms with Crippen LogP contribution in [0.4, 0.5) is 0 Å². The van der Waals surface area contributed by atoms with Gasteiger partial charge in [0.2, 0.25) is 6.79 Å². The van der Waals surface area contributed by atoms with Gasteiger partial charge in [-0.2, -0.15) is 0 Å². The average molecular weight is 457 g/mol. The molecule has 3 heterocycles. The summed E-state index contributed by atoms with van der Waals surface area (Å²) in [7, 11) is 0. The molecule has 1 fully saturated rings. The van der Waals surface area contributed by atoms with E-state index in [4.69, 9.17) is 13.9 Å². The molecule has 6 nitrogen and oxygen atoms in total. The number of hydrogen-bond acceptors (Lipinski definition) is 5. The van der Waals surface area contributed by atoms with Crippen LogP contribution < -0.4 is 9.47 Å². The van der Waals surface area contributed by atoms with Gasteiger partial charge >= 0.3 is 0 Å². The maximum atomic E-state index is 13.0. The van der Waals surface area contributed by atoms with E-state index in [0.717, 1.165) is 52.1 Å². The summed E-state index contributed by atoms with van der Waals surface area (Å²) in [6.45, 7) is 6.08. The quantitative estimate of drug-likeness (QED) is 0.591. The van der Waals surface area contributed by atoms with Gasteiger partial charge in [0.1, 0.15) is 5.58 Å². The number of piperazine rings is 1. The molecule has 3 aromatic rings. The molecule has 1 amide bonds. The van der Waals surface area contributed by atoms with Crippen LogP contribution >= 0.6 is 15.9 Å². The number of halogens is 1. The number of rotatable bonds is 3. The molecule has 0 atom stereocenters. The van der Waals surface area contributed by atoms with Crippen LogP contribution in [0.15, 0.2) is 45.3 Å². The summed E-state index contributed by atoms with van der Waals surface area (Å²) >= 11 is 3.48. The average Bonchev–Trinajstić information content (AvgIpc) is 3.32. The maximum Gasteiger partial charge on any atom is 0.289 e. The van der Waals surface area contributed by atoms with Crippen LogP contribution in [0.5, 0.6) is 11.5 Å². The lowest BCUT2D eigenvalue weighted by atomic mass is 10.1. The van der Waals surface area contributed by atoms with Crippen LogP contribution in [0.1, 0.15) is 21.7 Å². The van der Waals surface area contributed by atoms with Crippen molar-refractivity contribution in [3.63, 3.8) is 0 Å². The minimum absolute atomic E-state index is 0.0300. The molecular formula is C22H21BrN2O4.